The summed E-state index contributed by atoms with van der Waals surface area (Å²) in [5.74, 6) is -2.78. The second kappa shape index (κ2) is 6.23. The molecule has 0 spiro atoms. The van der Waals surface area contributed by atoms with Gasteiger partial charge >= 0.3 is 18.1 Å². The number of carbonyl (C=O) groups excluding carboxylic acids is 1. The van der Waals surface area contributed by atoms with E-state index >= 15 is 0 Å². The molecule has 0 aromatic carbocycles. The SMILES string of the molecule is CC1CC(NC(=O)C(F)(F)F)CN(CCC(=O)O)C1. The van der Waals surface area contributed by atoms with Gasteiger partial charge in [-0.15, -0.1) is 0 Å². The van der Waals surface area contributed by atoms with Crippen LogP contribution in [0.2, 0.25) is 0 Å². The Kier molecular flexibility index (Phi) is 5.16. The van der Waals surface area contributed by atoms with E-state index in [-0.39, 0.29) is 25.4 Å². The number of nitrogens with zero attached hydrogens (tertiary/aromatic N) is 1. The Hall–Kier alpha value is -1.31. The lowest BCUT2D eigenvalue weighted by Crippen LogP contribution is -2.53. The lowest BCUT2D eigenvalue weighted by molar-refractivity contribution is -0.174. The van der Waals surface area contributed by atoms with Crippen LogP contribution >= 0.6 is 0 Å². The third kappa shape index (κ3) is 5.46. The van der Waals surface area contributed by atoms with E-state index in [1.54, 1.807) is 4.90 Å². The number of amides is 1. The van der Waals surface area contributed by atoms with Gasteiger partial charge in [-0.05, 0) is 12.3 Å². The Morgan fingerprint density at radius 3 is 2.53 bits per heavy atom. The van der Waals surface area contributed by atoms with Crippen molar-refractivity contribution in [3.05, 3.63) is 0 Å². The highest BCUT2D eigenvalue weighted by Crippen LogP contribution is 2.19. The maximum atomic E-state index is 12.1. The number of hydrogen-bond acceptors (Lipinski definition) is 3. The van der Waals surface area contributed by atoms with Crippen LogP contribution in [-0.4, -0.2) is 53.7 Å². The van der Waals surface area contributed by atoms with Gasteiger partial charge in [-0.3, -0.25) is 9.59 Å². The molecule has 1 aliphatic rings. The van der Waals surface area contributed by atoms with Crippen molar-refractivity contribution in [1.29, 1.82) is 0 Å². The van der Waals surface area contributed by atoms with Crippen LogP contribution in [0.15, 0.2) is 0 Å². The molecule has 1 fully saturated rings. The maximum absolute atomic E-state index is 12.1. The fourth-order valence-electron chi connectivity index (χ4n) is 2.27. The van der Waals surface area contributed by atoms with Gasteiger partial charge in [-0.1, -0.05) is 6.92 Å². The van der Waals surface area contributed by atoms with Gasteiger partial charge in [0.15, 0.2) is 0 Å². The molecule has 0 aromatic heterocycles. The van der Waals surface area contributed by atoms with E-state index in [0.717, 1.165) is 0 Å². The summed E-state index contributed by atoms with van der Waals surface area (Å²) >= 11 is 0. The molecular formula is C11H17F3N2O3. The first-order valence-electron chi connectivity index (χ1n) is 6.00. The van der Waals surface area contributed by atoms with E-state index in [1.165, 1.54) is 0 Å². The van der Waals surface area contributed by atoms with E-state index in [0.29, 0.717) is 13.0 Å². The fraction of sp³-hybridized carbons (Fsp3) is 0.818. The van der Waals surface area contributed by atoms with Gasteiger partial charge in [-0.2, -0.15) is 13.2 Å². The second-order valence-electron chi connectivity index (χ2n) is 4.91. The molecule has 0 saturated carbocycles. The Bertz CT molecular complexity index is 347. The molecule has 0 aliphatic carbocycles. The van der Waals surface area contributed by atoms with Gasteiger partial charge in [0.05, 0.1) is 6.42 Å². The normalized spacial score (nSPS) is 25.1. The molecule has 2 N–H and O–H groups in total. The summed E-state index contributed by atoms with van der Waals surface area (Å²) in [5, 5.41) is 10.5. The number of nitrogens with one attached hydrogen (secondary N) is 1. The maximum Gasteiger partial charge on any atom is 0.471 e. The highest BCUT2D eigenvalue weighted by Gasteiger charge is 2.40. The average Bonchev–Trinajstić information content (AvgIpc) is 2.24. The van der Waals surface area contributed by atoms with Crippen LogP contribution in [0, 0.1) is 5.92 Å². The number of aliphatic carboxylic acids is 1. The van der Waals surface area contributed by atoms with E-state index in [2.05, 4.69) is 0 Å². The largest absolute Gasteiger partial charge is 0.481 e. The van der Waals surface area contributed by atoms with Gasteiger partial charge in [0.25, 0.3) is 0 Å². The zero-order valence-electron chi connectivity index (χ0n) is 10.5. The molecule has 0 aromatic rings. The summed E-state index contributed by atoms with van der Waals surface area (Å²) in [5.41, 5.74) is 0. The molecule has 1 rings (SSSR count). The molecule has 2 unspecified atom stereocenters. The van der Waals surface area contributed by atoms with Crippen molar-refractivity contribution in [1.82, 2.24) is 10.2 Å². The minimum Gasteiger partial charge on any atom is -0.481 e. The zero-order chi connectivity index (χ0) is 14.6. The number of likely N-dealkylation sites (tertiary alicyclic amines) is 1. The van der Waals surface area contributed by atoms with Crippen LogP contribution in [0.1, 0.15) is 19.8 Å². The molecule has 19 heavy (non-hydrogen) atoms. The summed E-state index contributed by atoms with van der Waals surface area (Å²) in [6.45, 7) is 3.02. The van der Waals surface area contributed by atoms with Crippen LogP contribution in [0.5, 0.6) is 0 Å². The number of halogens is 3. The number of carbonyl (C=O) groups is 2. The molecule has 1 amide bonds. The molecule has 5 nitrogen and oxygen atoms in total. The van der Waals surface area contributed by atoms with Crippen LogP contribution in [0.3, 0.4) is 0 Å². The second-order valence-corrected chi connectivity index (χ2v) is 4.91. The van der Waals surface area contributed by atoms with Gasteiger partial charge < -0.3 is 15.3 Å². The van der Waals surface area contributed by atoms with Crippen molar-refractivity contribution in [3.63, 3.8) is 0 Å². The van der Waals surface area contributed by atoms with Crippen LogP contribution in [0.25, 0.3) is 0 Å². The lowest BCUT2D eigenvalue weighted by atomic mass is 9.95. The van der Waals surface area contributed by atoms with Crippen molar-refractivity contribution in [2.75, 3.05) is 19.6 Å². The standard InChI is InChI=1S/C11H17F3N2O3/c1-7-4-8(15-10(19)11(12,13)14)6-16(5-7)3-2-9(17)18/h7-8H,2-6H2,1H3,(H,15,19)(H,17,18). The van der Waals surface area contributed by atoms with Crippen LogP contribution in [-0.2, 0) is 9.59 Å². The number of piperidine rings is 1. The van der Waals surface area contributed by atoms with Crippen LogP contribution in [0.4, 0.5) is 13.2 Å². The molecule has 1 heterocycles. The summed E-state index contributed by atoms with van der Waals surface area (Å²) in [4.78, 5) is 23.1. The third-order valence-electron chi connectivity index (χ3n) is 2.97. The van der Waals surface area contributed by atoms with E-state index in [4.69, 9.17) is 5.11 Å². The predicted octanol–water partition coefficient (Wildman–Crippen LogP) is 0.850. The fourth-order valence-corrected chi connectivity index (χ4v) is 2.27. The summed E-state index contributed by atoms with van der Waals surface area (Å²) in [6.07, 6.45) is -4.48. The van der Waals surface area contributed by atoms with Gasteiger partial charge in [0, 0.05) is 25.7 Å². The van der Waals surface area contributed by atoms with E-state index < -0.39 is 24.1 Å². The molecule has 2 atom stereocenters. The zero-order valence-corrected chi connectivity index (χ0v) is 10.5. The highest BCUT2D eigenvalue weighted by molar-refractivity contribution is 5.81. The van der Waals surface area contributed by atoms with Crippen molar-refractivity contribution < 1.29 is 27.9 Å². The summed E-state index contributed by atoms with van der Waals surface area (Å²) in [7, 11) is 0. The first-order valence-corrected chi connectivity index (χ1v) is 6.00. The smallest absolute Gasteiger partial charge is 0.471 e. The average molecular weight is 282 g/mol. The molecular weight excluding hydrogens is 265 g/mol. The van der Waals surface area contributed by atoms with Crippen molar-refractivity contribution in [2.24, 2.45) is 5.92 Å². The number of rotatable bonds is 4. The summed E-state index contributed by atoms with van der Waals surface area (Å²) < 4.78 is 36.4. The van der Waals surface area contributed by atoms with Gasteiger partial charge in [0.2, 0.25) is 0 Å². The first-order chi connectivity index (χ1) is 8.68. The number of carboxylic acid groups (broad SMARTS) is 1. The van der Waals surface area contributed by atoms with Crippen LogP contribution < -0.4 is 5.32 Å². The summed E-state index contributed by atoms with van der Waals surface area (Å²) in [6, 6.07) is -0.591. The molecule has 0 bridgehead atoms. The lowest BCUT2D eigenvalue weighted by Gasteiger charge is -2.36. The molecule has 1 aliphatic heterocycles. The van der Waals surface area contributed by atoms with Gasteiger partial charge in [-0.25, -0.2) is 0 Å². The Labute approximate surface area is 108 Å². The molecule has 0 radical (unpaired) electrons. The van der Waals surface area contributed by atoms with Crippen molar-refractivity contribution in [2.45, 2.75) is 32.0 Å². The molecule has 8 heteroatoms. The number of alkyl halides is 3. The van der Waals surface area contributed by atoms with Crippen molar-refractivity contribution >= 4 is 11.9 Å². The number of carboxylic acids is 1. The van der Waals surface area contributed by atoms with Gasteiger partial charge in [0.1, 0.15) is 0 Å². The van der Waals surface area contributed by atoms with Crippen molar-refractivity contribution in [3.8, 4) is 0 Å². The Morgan fingerprint density at radius 1 is 1.37 bits per heavy atom. The Morgan fingerprint density at radius 2 is 2.00 bits per heavy atom. The van der Waals surface area contributed by atoms with E-state index in [9.17, 15) is 22.8 Å². The third-order valence-corrected chi connectivity index (χ3v) is 2.97. The molecule has 110 valence electrons. The minimum atomic E-state index is -4.88. The highest BCUT2D eigenvalue weighted by atomic mass is 19.4. The molecule has 1 saturated heterocycles. The predicted molar refractivity (Wildman–Crippen MR) is 60.5 cm³/mol. The first kappa shape index (κ1) is 15.7. The minimum absolute atomic E-state index is 0.0628. The van der Waals surface area contributed by atoms with E-state index in [1.807, 2.05) is 12.2 Å². The number of hydrogen-bond donors (Lipinski definition) is 2. The topological polar surface area (TPSA) is 69.6 Å². The quantitative estimate of drug-likeness (QED) is 0.802. The monoisotopic (exact) mass is 282 g/mol. The Balaban J connectivity index is 2.50.